The molecular weight excluding hydrogens is 234 g/mol. The van der Waals surface area contributed by atoms with Crippen molar-refractivity contribution in [2.24, 2.45) is 0 Å². The Morgan fingerprint density at radius 2 is 1.83 bits per heavy atom. The number of urea groups is 1. The van der Waals surface area contributed by atoms with Crippen LogP contribution in [0.3, 0.4) is 0 Å². The van der Waals surface area contributed by atoms with Crippen LogP contribution in [0.4, 0.5) is 4.79 Å². The molecule has 0 aliphatic carbocycles. The monoisotopic (exact) mass is 257 g/mol. The first-order valence-electron chi connectivity index (χ1n) is 6.46. The lowest BCUT2D eigenvalue weighted by atomic mass is 10.3. The number of piperazine rings is 1. The van der Waals surface area contributed by atoms with Crippen LogP contribution in [0, 0.1) is 0 Å². The summed E-state index contributed by atoms with van der Waals surface area (Å²) in [7, 11) is 0. The van der Waals surface area contributed by atoms with Crippen LogP contribution < -0.4 is 5.32 Å². The number of nitrogens with zero attached hydrogens (tertiary/aromatic N) is 2. The van der Waals surface area contributed by atoms with E-state index in [0.29, 0.717) is 39.3 Å². The highest BCUT2D eigenvalue weighted by Gasteiger charge is 2.22. The van der Waals surface area contributed by atoms with Crippen LogP contribution in [-0.4, -0.2) is 67.2 Å². The fourth-order valence-electron chi connectivity index (χ4n) is 1.84. The molecule has 0 spiro atoms. The molecule has 1 N–H and O–H groups in total. The number of hydrogen-bond donors (Lipinski definition) is 1. The number of nitrogens with one attached hydrogen (secondary N) is 1. The second-order valence-electron chi connectivity index (χ2n) is 4.67. The molecular formula is C12H23N3O3. The molecule has 2 amide bonds. The number of rotatable bonds is 4. The number of carbonyl (C=O) groups excluding carboxylic acids is 2. The van der Waals surface area contributed by atoms with E-state index in [1.165, 1.54) is 0 Å². The van der Waals surface area contributed by atoms with Crippen molar-refractivity contribution in [3.8, 4) is 0 Å². The molecule has 1 fully saturated rings. The Morgan fingerprint density at radius 3 is 2.33 bits per heavy atom. The SMILES string of the molecule is CCOC(=O)CN1CCN(C(=O)NC(C)C)CC1. The van der Waals surface area contributed by atoms with Gasteiger partial charge in [-0.25, -0.2) is 4.79 Å². The third-order valence-electron chi connectivity index (χ3n) is 2.73. The standard InChI is InChI=1S/C12H23N3O3/c1-4-18-11(16)9-14-5-7-15(8-6-14)12(17)13-10(2)3/h10H,4-9H2,1-3H3,(H,13,17). The van der Waals surface area contributed by atoms with Crippen LogP contribution in [0.25, 0.3) is 0 Å². The molecule has 0 radical (unpaired) electrons. The molecule has 0 saturated carbocycles. The minimum absolute atomic E-state index is 0.0271. The van der Waals surface area contributed by atoms with Crippen LogP contribution in [0.2, 0.25) is 0 Å². The molecule has 0 atom stereocenters. The topological polar surface area (TPSA) is 61.9 Å². The van der Waals surface area contributed by atoms with Gasteiger partial charge in [0.1, 0.15) is 0 Å². The van der Waals surface area contributed by atoms with Crippen LogP contribution in [0.5, 0.6) is 0 Å². The summed E-state index contributed by atoms with van der Waals surface area (Å²) in [6, 6.07) is 0.121. The van der Waals surface area contributed by atoms with E-state index < -0.39 is 0 Å². The van der Waals surface area contributed by atoms with Gasteiger partial charge in [0.25, 0.3) is 0 Å². The van der Waals surface area contributed by atoms with Gasteiger partial charge in [-0.1, -0.05) is 0 Å². The van der Waals surface area contributed by atoms with E-state index in [2.05, 4.69) is 5.32 Å². The fraction of sp³-hybridized carbons (Fsp3) is 0.833. The van der Waals surface area contributed by atoms with Crippen molar-refractivity contribution in [2.45, 2.75) is 26.8 Å². The summed E-state index contributed by atoms with van der Waals surface area (Å²) in [5.41, 5.74) is 0. The zero-order chi connectivity index (χ0) is 13.5. The van der Waals surface area contributed by atoms with E-state index in [0.717, 1.165) is 0 Å². The van der Waals surface area contributed by atoms with E-state index in [4.69, 9.17) is 4.74 Å². The molecule has 6 nitrogen and oxygen atoms in total. The highest BCUT2D eigenvalue weighted by molar-refractivity contribution is 5.74. The van der Waals surface area contributed by atoms with Gasteiger partial charge in [0.15, 0.2) is 0 Å². The fourth-order valence-corrected chi connectivity index (χ4v) is 1.84. The van der Waals surface area contributed by atoms with Crippen LogP contribution >= 0.6 is 0 Å². The van der Waals surface area contributed by atoms with Gasteiger partial charge in [-0.05, 0) is 20.8 Å². The van der Waals surface area contributed by atoms with Crippen LogP contribution in [0.1, 0.15) is 20.8 Å². The smallest absolute Gasteiger partial charge is 0.320 e. The first kappa shape index (κ1) is 14.8. The first-order chi connectivity index (χ1) is 8.52. The summed E-state index contributed by atoms with van der Waals surface area (Å²) in [5, 5.41) is 2.87. The molecule has 1 heterocycles. The third-order valence-corrected chi connectivity index (χ3v) is 2.73. The average Bonchev–Trinajstić information content (AvgIpc) is 2.29. The second kappa shape index (κ2) is 7.20. The van der Waals surface area contributed by atoms with Crippen molar-refractivity contribution in [3.63, 3.8) is 0 Å². The highest BCUT2D eigenvalue weighted by atomic mass is 16.5. The summed E-state index contributed by atoms with van der Waals surface area (Å²) >= 11 is 0. The van der Waals surface area contributed by atoms with Gasteiger partial charge in [-0.15, -0.1) is 0 Å². The van der Waals surface area contributed by atoms with E-state index in [1.54, 1.807) is 11.8 Å². The Balaban J connectivity index is 2.28. The maximum atomic E-state index is 11.7. The number of carbonyl (C=O) groups is 2. The molecule has 1 saturated heterocycles. The first-order valence-corrected chi connectivity index (χ1v) is 6.46. The second-order valence-corrected chi connectivity index (χ2v) is 4.67. The average molecular weight is 257 g/mol. The number of hydrogen-bond acceptors (Lipinski definition) is 4. The van der Waals surface area contributed by atoms with Gasteiger partial charge in [-0.3, -0.25) is 9.69 Å². The molecule has 1 aliphatic heterocycles. The Kier molecular flexibility index (Phi) is 5.91. The Labute approximate surface area is 108 Å². The predicted molar refractivity (Wildman–Crippen MR) is 68.3 cm³/mol. The number of amides is 2. The van der Waals surface area contributed by atoms with Crippen LogP contribution in [-0.2, 0) is 9.53 Å². The van der Waals surface area contributed by atoms with E-state index >= 15 is 0 Å². The molecule has 104 valence electrons. The van der Waals surface area contributed by atoms with Gasteiger partial charge in [0.05, 0.1) is 13.2 Å². The quantitative estimate of drug-likeness (QED) is 0.735. The van der Waals surface area contributed by atoms with Crippen LogP contribution in [0.15, 0.2) is 0 Å². The van der Waals surface area contributed by atoms with Gasteiger partial charge in [-0.2, -0.15) is 0 Å². The predicted octanol–water partition coefficient (Wildman–Crippen LogP) is 0.285. The lowest BCUT2D eigenvalue weighted by molar-refractivity contribution is -0.144. The Bertz CT molecular complexity index is 286. The number of esters is 1. The molecule has 0 aromatic carbocycles. The molecule has 0 aromatic rings. The third kappa shape index (κ3) is 4.91. The molecule has 1 aliphatic rings. The van der Waals surface area contributed by atoms with Crippen molar-refractivity contribution in [1.29, 1.82) is 0 Å². The summed E-state index contributed by atoms with van der Waals surface area (Å²) in [4.78, 5) is 26.9. The molecule has 0 bridgehead atoms. The maximum Gasteiger partial charge on any atom is 0.320 e. The summed E-state index contributed by atoms with van der Waals surface area (Å²) in [6.45, 7) is 9.13. The van der Waals surface area contributed by atoms with E-state index in [-0.39, 0.29) is 18.0 Å². The Hall–Kier alpha value is -1.30. The molecule has 0 aromatic heterocycles. The molecule has 1 rings (SSSR count). The lowest BCUT2D eigenvalue weighted by Gasteiger charge is -2.34. The van der Waals surface area contributed by atoms with Gasteiger partial charge in [0.2, 0.25) is 0 Å². The molecule has 18 heavy (non-hydrogen) atoms. The zero-order valence-corrected chi connectivity index (χ0v) is 11.4. The zero-order valence-electron chi connectivity index (χ0n) is 11.4. The normalized spacial score (nSPS) is 16.8. The molecule has 6 heteroatoms. The van der Waals surface area contributed by atoms with Gasteiger partial charge < -0.3 is 15.0 Å². The van der Waals surface area contributed by atoms with E-state index in [9.17, 15) is 9.59 Å². The van der Waals surface area contributed by atoms with Gasteiger partial charge >= 0.3 is 12.0 Å². The van der Waals surface area contributed by atoms with Gasteiger partial charge in [0, 0.05) is 32.2 Å². The largest absolute Gasteiger partial charge is 0.465 e. The van der Waals surface area contributed by atoms with Crippen molar-refractivity contribution in [3.05, 3.63) is 0 Å². The van der Waals surface area contributed by atoms with Crippen molar-refractivity contribution >= 4 is 12.0 Å². The minimum atomic E-state index is -0.197. The number of ether oxygens (including phenoxy) is 1. The highest BCUT2D eigenvalue weighted by Crippen LogP contribution is 2.02. The van der Waals surface area contributed by atoms with Crippen molar-refractivity contribution in [2.75, 3.05) is 39.3 Å². The maximum absolute atomic E-state index is 11.7. The minimum Gasteiger partial charge on any atom is -0.465 e. The lowest BCUT2D eigenvalue weighted by Crippen LogP contribution is -2.53. The van der Waals surface area contributed by atoms with Crippen molar-refractivity contribution in [1.82, 2.24) is 15.1 Å². The molecule has 0 unspecified atom stereocenters. The Morgan fingerprint density at radius 1 is 1.22 bits per heavy atom. The van der Waals surface area contributed by atoms with Crippen molar-refractivity contribution < 1.29 is 14.3 Å². The van der Waals surface area contributed by atoms with E-state index in [1.807, 2.05) is 18.7 Å². The summed E-state index contributed by atoms with van der Waals surface area (Å²) in [5.74, 6) is -0.197. The summed E-state index contributed by atoms with van der Waals surface area (Å²) < 4.78 is 4.90. The summed E-state index contributed by atoms with van der Waals surface area (Å²) in [6.07, 6.45) is 0.